The van der Waals surface area contributed by atoms with E-state index in [0.717, 1.165) is 13.1 Å². The average Bonchev–Trinajstić information content (AvgIpc) is 2.71. The van der Waals surface area contributed by atoms with Gasteiger partial charge in [-0.1, -0.05) is 27.7 Å². The van der Waals surface area contributed by atoms with E-state index in [1.54, 1.807) is 11.3 Å². The molecule has 1 fully saturated rings. The number of nitrogens with two attached hydrogens (primary N) is 1. The molecule has 18 heavy (non-hydrogen) atoms. The van der Waals surface area contributed by atoms with Gasteiger partial charge >= 0.3 is 0 Å². The lowest BCUT2D eigenvalue weighted by Gasteiger charge is -2.37. The highest BCUT2D eigenvalue weighted by Crippen LogP contribution is 2.36. The van der Waals surface area contributed by atoms with Crippen molar-refractivity contribution in [1.82, 2.24) is 4.98 Å². The molecule has 0 atom stereocenters. The maximum atomic E-state index is 5.84. The number of anilines is 1. The Morgan fingerprint density at radius 2 is 2.17 bits per heavy atom. The second kappa shape index (κ2) is 5.17. The summed E-state index contributed by atoms with van der Waals surface area (Å²) < 4.78 is 0. The number of aromatic nitrogens is 1. The van der Waals surface area contributed by atoms with Crippen molar-refractivity contribution < 1.29 is 0 Å². The zero-order chi connectivity index (χ0) is 13.3. The van der Waals surface area contributed by atoms with Crippen LogP contribution in [0.5, 0.6) is 0 Å². The molecule has 4 heteroatoms. The van der Waals surface area contributed by atoms with Crippen molar-refractivity contribution in [3.05, 3.63) is 10.6 Å². The van der Waals surface area contributed by atoms with Crippen LogP contribution in [0.15, 0.2) is 0 Å². The molecule has 2 heterocycles. The first-order valence-corrected chi connectivity index (χ1v) is 7.69. The van der Waals surface area contributed by atoms with Crippen LogP contribution < -0.4 is 10.6 Å². The molecule has 0 radical (unpaired) electrons. The Morgan fingerprint density at radius 3 is 2.67 bits per heavy atom. The number of hydrogen-bond acceptors (Lipinski definition) is 4. The Hall–Kier alpha value is -0.610. The molecule has 1 aromatic rings. The molecule has 1 aliphatic heterocycles. The summed E-state index contributed by atoms with van der Waals surface area (Å²) in [5.41, 5.74) is 7.44. The highest BCUT2D eigenvalue weighted by Gasteiger charge is 2.28. The molecule has 2 rings (SSSR count). The molecular formula is C14H25N3S. The second-order valence-corrected chi connectivity index (χ2v) is 7.42. The Balaban J connectivity index is 2.23. The van der Waals surface area contributed by atoms with Crippen molar-refractivity contribution >= 4 is 16.5 Å². The third kappa shape index (κ3) is 2.86. The monoisotopic (exact) mass is 267 g/mol. The maximum absolute atomic E-state index is 5.84. The van der Waals surface area contributed by atoms with E-state index in [2.05, 4.69) is 32.6 Å². The van der Waals surface area contributed by atoms with Gasteiger partial charge in [0.05, 0.1) is 5.69 Å². The number of nitrogens with zero attached hydrogens (tertiary/aromatic N) is 2. The summed E-state index contributed by atoms with van der Waals surface area (Å²) in [5, 5.41) is 1.17. The molecule has 0 spiro atoms. The molecule has 0 amide bonds. The summed E-state index contributed by atoms with van der Waals surface area (Å²) in [6, 6.07) is 0. The standard InChI is InChI=1S/C14H25N3S/c1-10(2)12-11(8-15)18-13(16-12)17-7-5-6-14(3,4)9-17/h10H,5-9,15H2,1-4H3. The normalized spacial score (nSPS) is 19.6. The summed E-state index contributed by atoms with van der Waals surface area (Å²) >= 11 is 1.78. The largest absolute Gasteiger partial charge is 0.348 e. The SMILES string of the molecule is CC(C)c1nc(N2CCCC(C)(C)C2)sc1CN. The van der Waals surface area contributed by atoms with Crippen LogP contribution in [0.25, 0.3) is 0 Å². The summed E-state index contributed by atoms with van der Waals surface area (Å²) in [7, 11) is 0. The van der Waals surface area contributed by atoms with Crippen LogP contribution in [-0.4, -0.2) is 18.1 Å². The third-order valence-electron chi connectivity index (χ3n) is 3.62. The number of thiazole rings is 1. The van der Waals surface area contributed by atoms with Crippen molar-refractivity contribution in [2.45, 2.75) is 53.0 Å². The predicted octanol–water partition coefficient (Wildman–Crippen LogP) is 3.35. The lowest BCUT2D eigenvalue weighted by atomic mass is 9.84. The smallest absolute Gasteiger partial charge is 0.185 e. The van der Waals surface area contributed by atoms with Crippen molar-refractivity contribution in [3.8, 4) is 0 Å². The Bertz CT molecular complexity index is 409. The van der Waals surface area contributed by atoms with Gasteiger partial charge in [0.2, 0.25) is 0 Å². The van der Waals surface area contributed by atoms with E-state index in [0.29, 0.717) is 17.9 Å². The van der Waals surface area contributed by atoms with Crippen LogP contribution in [0.2, 0.25) is 0 Å². The van der Waals surface area contributed by atoms with Crippen molar-refractivity contribution in [2.75, 3.05) is 18.0 Å². The van der Waals surface area contributed by atoms with Gasteiger partial charge in [-0.05, 0) is 24.2 Å². The third-order valence-corrected chi connectivity index (χ3v) is 4.77. The van der Waals surface area contributed by atoms with E-state index in [1.807, 2.05) is 0 Å². The molecule has 0 saturated carbocycles. The minimum atomic E-state index is 0.408. The van der Waals surface area contributed by atoms with Crippen molar-refractivity contribution in [3.63, 3.8) is 0 Å². The van der Waals surface area contributed by atoms with Gasteiger partial charge in [0, 0.05) is 24.5 Å². The fourth-order valence-electron chi connectivity index (χ4n) is 2.67. The van der Waals surface area contributed by atoms with Crippen molar-refractivity contribution in [2.24, 2.45) is 11.1 Å². The van der Waals surface area contributed by atoms with Gasteiger partial charge in [0.25, 0.3) is 0 Å². The Labute approximate surface area is 114 Å². The van der Waals surface area contributed by atoms with Crippen LogP contribution >= 0.6 is 11.3 Å². The zero-order valence-corrected chi connectivity index (χ0v) is 12.8. The molecule has 1 aliphatic rings. The molecule has 102 valence electrons. The first kappa shape index (κ1) is 13.8. The first-order chi connectivity index (χ1) is 8.43. The summed E-state index contributed by atoms with van der Waals surface area (Å²) in [4.78, 5) is 8.53. The summed E-state index contributed by atoms with van der Waals surface area (Å²) in [6.45, 7) is 11.9. The topological polar surface area (TPSA) is 42.2 Å². The molecule has 0 unspecified atom stereocenters. The average molecular weight is 267 g/mol. The van der Waals surface area contributed by atoms with E-state index < -0.39 is 0 Å². The lowest BCUT2D eigenvalue weighted by molar-refractivity contribution is 0.293. The molecule has 2 N–H and O–H groups in total. The predicted molar refractivity (Wildman–Crippen MR) is 79.3 cm³/mol. The van der Waals surface area contributed by atoms with E-state index in [-0.39, 0.29) is 0 Å². The van der Waals surface area contributed by atoms with Gasteiger partial charge in [-0.25, -0.2) is 4.98 Å². The minimum absolute atomic E-state index is 0.408. The first-order valence-electron chi connectivity index (χ1n) is 6.87. The van der Waals surface area contributed by atoms with Gasteiger partial charge in [0.1, 0.15) is 0 Å². The molecule has 1 aromatic heterocycles. The molecule has 0 aromatic carbocycles. The van der Waals surface area contributed by atoms with Gasteiger partial charge in [0.15, 0.2) is 5.13 Å². The molecule has 0 bridgehead atoms. The molecular weight excluding hydrogens is 242 g/mol. The molecule has 0 aliphatic carbocycles. The van der Waals surface area contributed by atoms with Crippen molar-refractivity contribution in [1.29, 1.82) is 0 Å². The fourth-order valence-corrected chi connectivity index (χ4v) is 3.79. The maximum Gasteiger partial charge on any atom is 0.185 e. The van der Waals surface area contributed by atoms with E-state index in [9.17, 15) is 0 Å². The number of piperidine rings is 1. The van der Waals surface area contributed by atoms with Gasteiger partial charge < -0.3 is 10.6 Å². The van der Waals surface area contributed by atoms with Gasteiger partial charge in [-0.2, -0.15) is 0 Å². The Morgan fingerprint density at radius 1 is 1.44 bits per heavy atom. The van der Waals surface area contributed by atoms with Gasteiger partial charge in [-0.15, -0.1) is 11.3 Å². The number of rotatable bonds is 3. The molecule has 3 nitrogen and oxygen atoms in total. The van der Waals surface area contributed by atoms with Crippen LogP contribution in [0, 0.1) is 5.41 Å². The Kier molecular flexibility index (Phi) is 3.97. The van der Waals surface area contributed by atoms with Crippen LogP contribution in [0.4, 0.5) is 5.13 Å². The highest BCUT2D eigenvalue weighted by molar-refractivity contribution is 7.15. The fraction of sp³-hybridized carbons (Fsp3) is 0.786. The van der Waals surface area contributed by atoms with Gasteiger partial charge in [-0.3, -0.25) is 0 Å². The zero-order valence-electron chi connectivity index (χ0n) is 12.0. The van der Waals surface area contributed by atoms with Crippen LogP contribution in [-0.2, 0) is 6.54 Å². The second-order valence-electron chi connectivity index (χ2n) is 6.35. The van der Waals surface area contributed by atoms with E-state index in [1.165, 1.54) is 28.5 Å². The van der Waals surface area contributed by atoms with Crippen LogP contribution in [0.1, 0.15) is 57.0 Å². The highest BCUT2D eigenvalue weighted by atomic mass is 32.1. The summed E-state index contributed by atoms with van der Waals surface area (Å²) in [5.74, 6) is 0.464. The number of hydrogen-bond donors (Lipinski definition) is 1. The van der Waals surface area contributed by atoms with E-state index >= 15 is 0 Å². The van der Waals surface area contributed by atoms with Crippen LogP contribution in [0.3, 0.4) is 0 Å². The quantitative estimate of drug-likeness (QED) is 0.913. The molecule has 1 saturated heterocycles. The summed E-state index contributed by atoms with van der Waals surface area (Å²) in [6.07, 6.45) is 2.58. The lowest BCUT2D eigenvalue weighted by Crippen LogP contribution is -2.40. The minimum Gasteiger partial charge on any atom is -0.348 e. The van der Waals surface area contributed by atoms with E-state index in [4.69, 9.17) is 10.7 Å².